The molecule has 0 saturated heterocycles. The van der Waals surface area contributed by atoms with E-state index in [-0.39, 0.29) is 41.2 Å². The van der Waals surface area contributed by atoms with Gasteiger partial charge in [-0.05, 0) is 63.1 Å². The van der Waals surface area contributed by atoms with Crippen LogP contribution in [0.1, 0.15) is 49.2 Å². The first-order chi connectivity index (χ1) is 13.3. The van der Waals surface area contributed by atoms with Crippen molar-refractivity contribution in [2.24, 2.45) is 4.99 Å². The molecule has 0 aliphatic rings. The smallest absolute Gasteiger partial charge is 0.251 e. The van der Waals surface area contributed by atoms with Crippen LogP contribution in [0.3, 0.4) is 0 Å². The second kappa shape index (κ2) is 11.7. The fraction of sp³-hybridized carbons (Fsp3) is 0.364. The molecule has 29 heavy (non-hydrogen) atoms. The van der Waals surface area contributed by atoms with Crippen LogP contribution in [-0.4, -0.2) is 24.0 Å². The monoisotopic (exact) mass is 512 g/mol. The largest absolute Gasteiger partial charge is 0.357 e. The predicted molar refractivity (Wildman–Crippen MR) is 127 cm³/mol. The fourth-order valence-electron chi connectivity index (χ4n) is 2.52. The van der Waals surface area contributed by atoms with Crippen molar-refractivity contribution in [1.82, 2.24) is 16.0 Å². The second-order valence-electron chi connectivity index (χ2n) is 7.58. The molecule has 0 unspecified atom stereocenters. The molecule has 0 fully saturated rings. The van der Waals surface area contributed by atoms with Crippen LogP contribution in [-0.2, 0) is 13.1 Å². The summed E-state index contributed by atoms with van der Waals surface area (Å²) in [4.78, 5) is 16.9. The van der Waals surface area contributed by atoms with Crippen molar-refractivity contribution in [3.8, 4) is 0 Å². The van der Waals surface area contributed by atoms with Gasteiger partial charge in [0.1, 0.15) is 5.82 Å². The summed E-state index contributed by atoms with van der Waals surface area (Å²) in [7, 11) is 0. The van der Waals surface area contributed by atoms with Gasteiger partial charge in [0, 0.05) is 24.2 Å². The molecule has 2 rings (SSSR count). The lowest BCUT2D eigenvalue weighted by Crippen LogP contribution is -2.40. The lowest BCUT2D eigenvalue weighted by molar-refractivity contribution is 0.0919. The summed E-state index contributed by atoms with van der Waals surface area (Å²) in [5.74, 6) is 0.316. The number of amides is 1. The Morgan fingerprint density at radius 2 is 1.72 bits per heavy atom. The molecule has 0 atom stereocenters. The number of rotatable bonds is 6. The quantitative estimate of drug-likeness (QED) is 0.309. The van der Waals surface area contributed by atoms with E-state index >= 15 is 0 Å². The topological polar surface area (TPSA) is 65.5 Å². The van der Waals surface area contributed by atoms with Gasteiger partial charge in [0.05, 0.1) is 6.54 Å². The predicted octanol–water partition coefficient (Wildman–Crippen LogP) is 4.23. The Bertz CT molecular complexity index is 816. The van der Waals surface area contributed by atoms with Gasteiger partial charge in [0.25, 0.3) is 5.91 Å². The van der Waals surface area contributed by atoms with Crippen LogP contribution in [0, 0.1) is 5.82 Å². The highest BCUT2D eigenvalue weighted by atomic mass is 127. The van der Waals surface area contributed by atoms with Crippen LogP contribution in [0.15, 0.2) is 53.5 Å². The number of aliphatic imine (C=N–C) groups is 1. The molecule has 0 bridgehead atoms. The van der Waals surface area contributed by atoms with Gasteiger partial charge in [0.2, 0.25) is 0 Å². The third-order valence-corrected chi connectivity index (χ3v) is 3.81. The molecule has 3 N–H and O–H groups in total. The number of halogens is 2. The van der Waals surface area contributed by atoms with E-state index in [1.54, 1.807) is 18.2 Å². The molecule has 0 spiro atoms. The van der Waals surface area contributed by atoms with Crippen molar-refractivity contribution in [2.75, 3.05) is 6.54 Å². The van der Waals surface area contributed by atoms with Crippen LogP contribution in [0.4, 0.5) is 4.39 Å². The van der Waals surface area contributed by atoms with Crippen molar-refractivity contribution in [1.29, 1.82) is 0 Å². The molecule has 0 heterocycles. The number of carbonyl (C=O) groups is 1. The molecule has 0 aromatic heterocycles. The highest BCUT2D eigenvalue weighted by Gasteiger charge is 2.15. The van der Waals surface area contributed by atoms with E-state index in [4.69, 9.17) is 0 Å². The van der Waals surface area contributed by atoms with Crippen LogP contribution < -0.4 is 16.0 Å². The maximum atomic E-state index is 13.0. The number of benzene rings is 2. The first kappa shape index (κ1) is 24.9. The number of nitrogens with one attached hydrogen (secondary N) is 3. The maximum absolute atomic E-state index is 13.0. The summed E-state index contributed by atoms with van der Waals surface area (Å²) in [6, 6.07) is 13.8. The van der Waals surface area contributed by atoms with E-state index in [0.717, 1.165) is 17.7 Å². The molecule has 2 aromatic rings. The van der Waals surface area contributed by atoms with Crippen molar-refractivity contribution >= 4 is 35.8 Å². The molecular weight excluding hydrogens is 482 g/mol. The maximum Gasteiger partial charge on any atom is 0.251 e. The third-order valence-electron chi connectivity index (χ3n) is 3.81. The second-order valence-corrected chi connectivity index (χ2v) is 7.58. The summed E-state index contributed by atoms with van der Waals surface area (Å²) >= 11 is 0. The molecular formula is C22H30FIN4O. The summed E-state index contributed by atoms with van der Waals surface area (Å²) < 4.78 is 13.0. The molecule has 2 aromatic carbocycles. The summed E-state index contributed by atoms with van der Waals surface area (Å²) in [5, 5.41) is 9.38. The number of hydrogen-bond acceptors (Lipinski definition) is 2. The van der Waals surface area contributed by atoms with Gasteiger partial charge in [-0.1, -0.05) is 24.3 Å². The third kappa shape index (κ3) is 9.25. The van der Waals surface area contributed by atoms with E-state index in [0.29, 0.717) is 24.6 Å². The van der Waals surface area contributed by atoms with E-state index in [1.165, 1.54) is 12.1 Å². The minimum Gasteiger partial charge on any atom is -0.357 e. The van der Waals surface area contributed by atoms with Gasteiger partial charge in [-0.3, -0.25) is 4.79 Å². The average Bonchev–Trinajstić information content (AvgIpc) is 2.64. The summed E-state index contributed by atoms with van der Waals surface area (Å²) in [5.41, 5.74) is 2.24. The van der Waals surface area contributed by atoms with E-state index in [2.05, 4.69) is 20.9 Å². The van der Waals surface area contributed by atoms with Gasteiger partial charge in [-0.25, -0.2) is 9.38 Å². The van der Waals surface area contributed by atoms with Crippen LogP contribution in [0.25, 0.3) is 0 Å². The van der Waals surface area contributed by atoms with E-state index < -0.39 is 0 Å². The zero-order valence-electron chi connectivity index (χ0n) is 17.4. The molecule has 0 aliphatic heterocycles. The van der Waals surface area contributed by atoms with Crippen molar-refractivity contribution in [3.05, 3.63) is 71.0 Å². The number of hydrogen-bond donors (Lipinski definition) is 3. The Morgan fingerprint density at radius 1 is 1.03 bits per heavy atom. The van der Waals surface area contributed by atoms with E-state index in [1.807, 2.05) is 45.9 Å². The van der Waals surface area contributed by atoms with Gasteiger partial charge >= 0.3 is 0 Å². The number of guanidine groups is 1. The van der Waals surface area contributed by atoms with Crippen molar-refractivity contribution in [3.63, 3.8) is 0 Å². The van der Waals surface area contributed by atoms with Gasteiger partial charge in [-0.2, -0.15) is 0 Å². The zero-order chi connectivity index (χ0) is 20.6. The Morgan fingerprint density at radius 3 is 2.34 bits per heavy atom. The Kier molecular flexibility index (Phi) is 10.1. The van der Waals surface area contributed by atoms with Crippen LogP contribution >= 0.6 is 24.0 Å². The normalized spacial score (nSPS) is 11.4. The Balaban J connectivity index is 0.00000420. The van der Waals surface area contributed by atoms with Crippen molar-refractivity contribution < 1.29 is 9.18 Å². The lowest BCUT2D eigenvalue weighted by Gasteiger charge is -2.20. The minimum atomic E-state index is -0.284. The Hall–Kier alpha value is -2.16. The lowest BCUT2D eigenvalue weighted by atomic mass is 10.1. The van der Waals surface area contributed by atoms with Crippen LogP contribution in [0.2, 0.25) is 0 Å². The highest BCUT2D eigenvalue weighted by molar-refractivity contribution is 14.0. The van der Waals surface area contributed by atoms with Crippen LogP contribution in [0.5, 0.6) is 0 Å². The molecule has 0 radical (unpaired) electrons. The van der Waals surface area contributed by atoms with Gasteiger partial charge in [-0.15, -0.1) is 24.0 Å². The minimum absolute atomic E-state index is 0. The van der Waals surface area contributed by atoms with Gasteiger partial charge in [0.15, 0.2) is 5.96 Å². The standard InChI is InChI=1S/C22H29FN4O.HI/c1-5-24-21(25-14-16-9-11-19(23)12-10-16)26-15-17-7-6-8-18(13-17)20(28)27-22(2,3)4;/h6-13H,5,14-15H2,1-4H3,(H,27,28)(H2,24,25,26);1H. The first-order valence-corrected chi connectivity index (χ1v) is 9.45. The number of nitrogens with zero attached hydrogens (tertiary/aromatic N) is 1. The van der Waals surface area contributed by atoms with Gasteiger partial charge < -0.3 is 16.0 Å². The molecule has 158 valence electrons. The summed E-state index contributed by atoms with van der Waals surface area (Å²) in [6.45, 7) is 9.56. The van der Waals surface area contributed by atoms with Crippen molar-refractivity contribution in [2.45, 2.75) is 46.3 Å². The molecule has 0 saturated carbocycles. The molecule has 7 heteroatoms. The zero-order valence-corrected chi connectivity index (χ0v) is 19.7. The van der Waals surface area contributed by atoms with E-state index in [9.17, 15) is 9.18 Å². The first-order valence-electron chi connectivity index (χ1n) is 9.45. The highest BCUT2D eigenvalue weighted by Crippen LogP contribution is 2.09. The molecule has 1 amide bonds. The molecule has 5 nitrogen and oxygen atoms in total. The summed E-state index contributed by atoms with van der Waals surface area (Å²) in [6.07, 6.45) is 0. The fourth-order valence-corrected chi connectivity index (χ4v) is 2.52. The average molecular weight is 512 g/mol. The Labute approximate surface area is 189 Å². The number of carbonyl (C=O) groups excluding carboxylic acids is 1. The SMILES string of the molecule is CCNC(=NCc1cccc(C(=O)NC(C)(C)C)c1)NCc1ccc(F)cc1.I. The molecule has 0 aliphatic carbocycles.